The van der Waals surface area contributed by atoms with Crippen molar-refractivity contribution >= 4 is 29.4 Å². The molecule has 0 aliphatic carbocycles. The van der Waals surface area contributed by atoms with Crippen LogP contribution in [0.3, 0.4) is 0 Å². The topological polar surface area (TPSA) is 100 Å². The Labute approximate surface area is 205 Å². The van der Waals surface area contributed by atoms with Crippen molar-refractivity contribution in [1.82, 2.24) is 9.80 Å². The SMILES string of the molecule is O=C(OCC(=O)N1CCN(c2ccc(F)cc2)CC1)c1ccc2c(c1)C(=O)N(Cc1ccco1)C2=O. The fraction of sp³-hybridized carbons (Fsp3) is 0.231. The molecule has 0 unspecified atom stereocenters. The number of ether oxygens (including phenoxy) is 1. The molecule has 1 fully saturated rings. The maximum Gasteiger partial charge on any atom is 0.338 e. The molecule has 0 atom stereocenters. The van der Waals surface area contributed by atoms with E-state index < -0.39 is 24.4 Å². The smallest absolute Gasteiger partial charge is 0.338 e. The highest BCUT2D eigenvalue weighted by atomic mass is 19.1. The molecule has 2 aliphatic rings. The van der Waals surface area contributed by atoms with Crippen molar-refractivity contribution in [3.63, 3.8) is 0 Å². The highest BCUT2D eigenvalue weighted by molar-refractivity contribution is 6.21. The summed E-state index contributed by atoms with van der Waals surface area (Å²) >= 11 is 0. The van der Waals surface area contributed by atoms with Crippen molar-refractivity contribution in [2.45, 2.75) is 6.54 Å². The predicted octanol–water partition coefficient (Wildman–Crippen LogP) is 2.72. The lowest BCUT2D eigenvalue weighted by atomic mass is 10.1. The summed E-state index contributed by atoms with van der Waals surface area (Å²) in [6.07, 6.45) is 1.45. The van der Waals surface area contributed by atoms with Gasteiger partial charge in [0.25, 0.3) is 17.7 Å². The molecule has 9 nitrogen and oxygen atoms in total. The van der Waals surface area contributed by atoms with Gasteiger partial charge in [-0.2, -0.15) is 0 Å². The zero-order valence-corrected chi connectivity index (χ0v) is 19.2. The van der Waals surface area contributed by atoms with Gasteiger partial charge in [-0.15, -0.1) is 0 Å². The third kappa shape index (κ3) is 4.57. The maximum absolute atomic E-state index is 13.1. The van der Waals surface area contributed by atoms with Crippen LogP contribution in [0.4, 0.5) is 10.1 Å². The van der Waals surface area contributed by atoms with Gasteiger partial charge in [0.15, 0.2) is 6.61 Å². The van der Waals surface area contributed by atoms with Crippen LogP contribution in [0, 0.1) is 5.82 Å². The fourth-order valence-corrected chi connectivity index (χ4v) is 4.29. The van der Waals surface area contributed by atoms with Gasteiger partial charge in [0.2, 0.25) is 0 Å². The number of halogens is 1. The minimum atomic E-state index is -0.763. The number of hydrogen-bond acceptors (Lipinski definition) is 7. The number of imide groups is 1. The maximum atomic E-state index is 13.1. The number of hydrogen-bond donors (Lipinski definition) is 0. The Balaban J connectivity index is 1.16. The van der Waals surface area contributed by atoms with E-state index in [0.29, 0.717) is 31.9 Å². The van der Waals surface area contributed by atoms with Crippen LogP contribution in [-0.4, -0.2) is 66.3 Å². The Bertz CT molecular complexity index is 1310. The molecule has 0 spiro atoms. The number of piperazine rings is 1. The van der Waals surface area contributed by atoms with Gasteiger partial charge in [0.05, 0.1) is 29.5 Å². The molecule has 1 aromatic heterocycles. The third-order valence-corrected chi connectivity index (χ3v) is 6.25. The average Bonchev–Trinajstić information content (AvgIpc) is 3.50. The Morgan fingerprint density at radius 3 is 2.33 bits per heavy atom. The molecule has 184 valence electrons. The van der Waals surface area contributed by atoms with Crippen LogP contribution in [0.2, 0.25) is 0 Å². The van der Waals surface area contributed by atoms with E-state index in [1.54, 1.807) is 29.2 Å². The van der Waals surface area contributed by atoms with Crippen LogP contribution in [0.5, 0.6) is 0 Å². The molecule has 2 aromatic carbocycles. The van der Waals surface area contributed by atoms with Gasteiger partial charge in [-0.05, 0) is 54.6 Å². The lowest BCUT2D eigenvalue weighted by Crippen LogP contribution is -2.49. The quantitative estimate of drug-likeness (QED) is 0.386. The van der Waals surface area contributed by atoms with Gasteiger partial charge in [-0.25, -0.2) is 9.18 Å². The summed E-state index contributed by atoms with van der Waals surface area (Å²) in [5.74, 6) is -1.95. The van der Waals surface area contributed by atoms with Crippen LogP contribution in [0.1, 0.15) is 36.8 Å². The number of carbonyl (C=O) groups excluding carboxylic acids is 4. The third-order valence-electron chi connectivity index (χ3n) is 6.25. The molecule has 3 heterocycles. The second-order valence-electron chi connectivity index (χ2n) is 8.46. The predicted molar refractivity (Wildman–Crippen MR) is 125 cm³/mol. The van der Waals surface area contributed by atoms with Crippen LogP contribution in [0.25, 0.3) is 0 Å². The first-order chi connectivity index (χ1) is 17.4. The molecule has 36 heavy (non-hydrogen) atoms. The van der Waals surface area contributed by atoms with Gasteiger partial charge >= 0.3 is 5.97 Å². The first kappa shape index (κ1) is 23.3. The van der Waals surface area contributed by atoms with E-state index in [-0.39, 0.29) is 35.0 Å². The van der Waals surface area contributed by atoms with Crippen LogP contribution in [0.15, 0.2) is 65.3 Å². The second kappa shape index (κ2) is 9.65. The largest absolute Gasteiger partial charge is 0.467 e. The number of esters is 1. The first-order valence-corrected chi connectivity index (χ1v) is 11.4. The van der Waals surface area contributed by atoms with Crippen molar-refractivity contribution < 1.29 is 32.7 Å². The molecule has 5 rings (SSSR count). The van der Waals surface area contributed by atoms with Gasteiger partial charge < -0.3 is 19.0 Å². The molecule has 10 heteroatoms. The summed E-state index contributed by atoms with van der Waals surface area (Å²) < 4.78 is 23.5. The van der Waals surface area contributed by atoms with E-state index in [1.807, 2.05) is 4.90 Å². The number of amides is 3. The van der Waals surface area contributed by atoms with Gasteiger partial charge in [-0.3, -0.25) is 19.3 Å². The number of anilines is 1. The van der Waals surface area contributed by atoms with Crippen molar-refractivity contribution in [2.75, 3.05) is 37.7 Å². The Kier molecular flexibility index (Phi) is 6.24. The Morgan fingerprint density at radius 2 is 1.64 bits per heavy atom. The highest BCUT2D eigenvalue weighted by Gasteiger charge is 2.36. The standard InChI is InChI=1S/C26H22FN3O6/c27-18-4-6-19(7-5-18)28-9-11-29(12-10-28)23(31)16-36-26(34)17-3-8-21-22(14-17)25(33)30(24(21)32)15-20-2-1-13-35-20/h1-8,13-14H,9-12,15-16H2. The zero-order chi connectivity index (χ0) is 25.2. The summed E-state index contributed by atoms with van der Waals surface area (Å²) in [7, 11) is 0. The normalized spacial score (nSPS) is 15.3. The van der Waals surface area contributed by atoms with Crippen molar-refractivity contribution in [3.8, 4) is 0 Å². The van der Waals surface area contributed by atoms with E-state index in [1.165, 1.54) is 36.6 Å². The van der Waals surface area contributed by atoms with Crippen LogP contribution >= 0.6 is 0 Å². The van der Waals surface area contributed by atoms with Crippen LogP contribution in [-0.2, 0) is 16.1 Å². The van der Waals surface area contributed by atoms with E-state index in [0.717, 1.165) is 10.6 Å². The van der Waals surface area contributed by atoms with E-state index in [4.69, 9.17) is 9.15 Å². The van der Waals surface area contributed by atoms with Gasteiger partial charge in [0, 0.05) is 31.9 Å². The summed E-state index contributed by atoms with van der Waals surface area (Å²) in [6, 6.07) is 13.6. The zero-order valence-electron chi connectivity index (χ0n) is 19.2. The number of carbonyl (C=O) groups is 4. The Hall–Kier alpha value is -4.47. The van der Waals surface area contributed by atoms with E-state index >= 15 is 0 Å². The molecule has 2 aliphatic heterocycles. The lowest BCUT2D eigenvalue weighted by molar-refractivity contribution is -0.134. The fourth-order valence-electron chi connectivity index (χ4n) is 4.29. The summed E-state index contributed by atoms with van der Waals surface area (Å²) in [6.45, 7) is 1.57. The van der Waals surface area contributed by atoms with Crippen molar-refractivity contribution in [1.29, 1.82) is 0 Å². The monoisotopic (exact) mass is 491 g/mol. The first-order valence-electron chi connectivity index (χ1n) is 11.4. The summed E-state index contributed by atoms with van der Waals surface area (Å²) in [5.41, 5.74) is 1.24. The summed E-state index contributed by atoms with van der Waals surface area (Å²) in [4.78, 5) is 55.2. The number of benzene rings is 2. The van der Waals surface area contributed by atoms with Crippen LogP contribution < -0.4 is 4.90 Å². The number of rotatable bonds is 6. The molecule has 0 bridgehead atoms. The number of nitrogens with zero attached hydrogens (tertiary/aromatic N) is 3. The molecular formula is C26H22FN3O6. The van der Waals surface area contributed by atoms with E-state index in [9.17, 15) is 23.6 Å². The molecule has 0 radical (unpaired) electrons. The molecule has 1 saturated heterocycles. The molecule has 0 saturated carbocycles. The molecule has 0 N–H and O–H groups in total. The van der Waals surface area contributed by atoms with Gasteiger partial charge in [-0.1, -0.05) is 0 Å². The number of furan rings is 1. The molecule has 3 aromatic rings. The molecule has 3 amide bonds. The minimum Gasteiger partial charge on any atom is -0.467 e. The molecular weight excluding hydrogens is 469 g/mol. The van der Waals surface area contributed by atoms with E-state index in [2.05, 4.69) is 0 Å². The second-order valence-corrected chi connectivity index (χ2v) is 8.46. The van der Waals surface area contributed by atoms with Crippen molar-refractivity contribution in [3.05, 3.63) is 89.1 Å². The van der Waals surface area contributed by atoms with Gasteiger partial charge in [0.1, 0.15) is 11.6 Å². The Morgan fingerprint density at radius 1 is 0.917 bits per heavy atom. The lowest BCUT2D eigenvalue weighted by Gasteiger charge is -2.36. The number of fused-ring (bicyclic) bond motifs is 1. The van der Waals surface area contributed by atoms with Crippen molar-refractivity contribution in [2.24, 2.45) is 0 Å². The average molecular weight is 491 g/mol. The highest BCUT2D eigenvalue weighted by Crippen LogP contribution is 2.26. The summed E-state index contributed by atoms with van der Waals surface area (Å²) in [5, 5.41) is 0. The minimum absolute atomic E-state index is 0.0119.